The smallest absolute Gasteiger partial charge is 0.253 e. The monoisotopic (exact) mass is 474 g/mol. The Morgan fingerprint density at radius 1 is 0.971 bits per heavy atom. The first-order chi connectivity index (χ1) is 16.5. The molecule has 0 spiro atoms. The number of halogens is 1. The molecule has 0 radical (unpaired) electrons. The summed E-state index contributed by atoms with van der Waals surface area (Å²) in [5.74, 6) is 1.71. The van der Waals surface area contributed by atoms with Crippen molar-refractivity contribution in [1.29, 1.82) is 0 Å². The zero-order valence-corrected chi connectivity index (χ0v) is 20.4. The number of benzene rings is 2. The van der Waals surface area contributed by atoms with E-state index in [1.165, 1.54) is 0 Å². The number of anilines is 1. The highest BCUT2D eigenvalue weighted by Crippen LogP contribution is 2.31. The third-order valence-corrected chi connectivity index (χ3v) is 6.61. The van der Waals surface area contributed by atoms with Gasteiger partial charge in [0, 0.05) is 38.2 Å². The van der Waals surface area contributed by atoms with E-state index >= 15 is 0 Å². The van der Waals surface area contributed by atoms with Gasteiger partial charge >= 0.3 is 0 Å². The number of carbonyl (C=O) groups excluding carboxylic acids is 1. The van der Waals surface area contributed by atoms with Crippen molar-refractivity contribution in [3.63, 3.8) is 0 Å². The van der Waals surface area contributed by atoms with Gasteiger partial charge in [-0.2, -0.15) is 5.10 Å². The number of amides is 1. The van der Waals surface area contributed by atoms with E-state index in [1.54, 1.807) is 0 Å². The molecule has 34 heavy (non-hydrogen) atoms. The van der Waals surface area contributed by atoms with Crippen LogP contribution in [-0.2, 0) is 6.42 Å². The van der Waals surface area contributed by atoms with Gasteiger partial charge in [-0.05, 0) is 38.1 Å². The summed E-state index contributed by atoms with van der Waals surface area (Å²) >= 11 is 6.48. The molecule has 5 rings (SSSR count). The second kappa shape index (κ2) is 9.06. The molecular formula is C26H27ClN6O. The van der Waals surface area contributed by atoms with E-state index in [0.717, 1.165) is 45.2 Å². The Morgan fingerprint density at radius 3 is 2.35 bits per heavy atom. The number of carbonyl (C=O) groups is 1. The van der Waals surface area contributed by atoms with Crippen molar-refractivity contribution < 1.29 is 4.79 Å². The van der Waals surface area contributed by atoms with Crippen molar-refractivity contribution in [2.75, 3.05) is 31.1 Å². The fraction of sp³-hybridized carbons (Fsp3) is 0.308. The van der Waals surface area contributed by atoms with E-state index in [-0.39, 0.29) is 5.91 Å². The molecule has 1 saturated heterocycles. The Balaban J connectivity index is 1.47. The largest absolute Gasteiger partial charge is 0.352 e. The predicted octanol–water partition coefficient (Wildman–Crippen LogP) is 4.61. The van der Waals surface area contributed by atoms with Crippen LogP contribution in [0.2, 0.25) is 5.02 Å². The van der Waals surface area contributed by atoms with E-state index in [4.69, 9.17) is 26.7 Å². The molecule has 1 aliphatic heterocycles. The number of fused-ring (bicyclic) bond motifs is 1. The third kappa shape index (κ3) is 4.01. The molecule has 0 aliphatic carbocycles. The quantitative estimate of drug-likeness (QED) is 0.432. The molecule has 3 heterocycles. The van der Waals surface area contributed by atoms with Crippen LogP contribution in [-0.4, -0.2) is 56.7 Å². The molecule has 1 fully saturated rings. The molecule has 0 saturated carbocycles. The summed E-state index contributed by atoms with van der Waals surface area (Å²) in [7, 11) is 0. The average molecular weight is 475 g/mol. The van der Waals surface area contributed by atoms with Crippen LogP contribution in [0.15, 0.2) is 48.5 Å². The molecule has 174 valence electrons. The number of hydrogen-bond donors (Lipinski definition) is 0. The van der Waals surface area contributed by atoms with Crippen LogP contribution in [0.4, 0.5) is 5.82 Å². The molecular weight excluding hydrogens is 448 g/mol. The average Bonchev–Trinajstić information content (AvgIpc) is 3.20. The lowest BCUT2D eigenvalue weighted by atomic mass is 10.1. The highest BCUT2D eigenvalue weighted by molar-refractivity contribution is 6.32. The summed E-state index contributed by atoms with van der Waals surface area (Å²) in [6.07, 6.45) is 0.710. The van der Waals surface area contributed by atoms with E-state index in [1.807, 2.05) is 78.9 Å². The summed E-state index contributed by atoms with van der Waals surface area (Å²) in [5.41, 5.74) is 4.28. The number of hydrogen-bond acceptors (Lipinski definition) is 5. The SMILES string of the molecule is CCc1nc(N2CCN(C(=O)c3ccc(C)cc3)CC2)c2c(C)nn(-c3ccccc3Cl)c2n1. The molecule has 0 N–H and O–H groups in total. The highest BCUT2D eigenvalue weighted by Gasteiger charge is 2.27. The van der Waals surface area contributed by atoms with Gasteiger partial charge in [0.15, 0.2) is 5.65 Å². The van der Waals surface area contributed by atoms with Gasteiger partial charge < -0.3 is 9.80 Å². The lowest BCUT2D eigenvalue weighted by Crippen LogP contribution is -2.49. The van der Waals surface area contributed by atoms with E-state index in [9.17, 15) is 4.79 Å². The summed E-state index contributed by atoms with van der Waals surface area (Å²) in [6, 6.07) is 15.4. The first-order valence-corrected chi connectivity index (χ1v) is 12.0. The highest BCUT2D eigenvalue weighted by atomic mass is 35.5. The Morgan fingerprint density at radius 2 is 1.68 bits per heavy atom. The van der Waals surface area contributed by atoms with Gasteiger partial charge in [0.25, 0.3) is 5.91 Å². The molecule has 1 aliphatic rings. The maximum atomic E-state index is 13.0. The van der Waals surface area contributed by atoms with Crippen LogP contribution >= 0.6 is 11.6 Å². The van der Waals surface area contributed by atoms with Gasteiger partial charge in [0.05, 0.1) is 21.8 Å². The standard InChI is InChI=1S/C26H27ClN6O/c1-4-22-28-24(23-18(3)30-33(25(23)29-22)21-8-6-5-7-20(21)27)31-13-15-32(16-14-31)26(34)19-11-9-17(2)10-12-19/h5-12H,4,13-16H2,1-3H3. The summed E-state index contributed by atoms with van der Waals surface area (Å²) in [4.78, 5) is 26.8. The first-order valence-electron chi connectivity index (χ1n) is 11.6. The van der Waals surface area contributed by atoms with Crippen molar-refractivity contribution in [2.45, 2.75) is 27.2 Å². The van der Waals surface area contributed by atoms with Crippen LogP contribution in [0.25, 0.3) is 16.7 Å². The van der Waals surface area contributed by atoms with Crippen LogP contribution in [0.5, 0.6) is 0 Å². The molecule has 7 nitrogen and oxygen atoms in total. The van der Waals surface area contributed by atoms with E-state index in [2.05, 4.69) is 4.90 Å². The fourth-order valence-electron chi connectivity index (χ4n) is 4.38. The van der Waals surface area contributed by atoms with Crippen LogP contribution in [0.3, 0.4) is 0 Å². The Bertz CT molecular complexity index is 1360. The fourth-order valence-corrected chi connectivity index (χ4v) is 4.60. The van der Waals surface area contributed by atoms with Crippen molar-refractivity contribution in [2.24, 2.45) is 0 Å². The lowest BCUT2D eigenvalue weighted by Gasteiger charge is -2.35. The molecule has 0 bridgehead atoms. The number of piperazine rings is 1. The Labute approximate surface area is 204 Å². The maximum Gasteiger partial charge on any atom is 0.253 e. The van der Waals surface area contributed by atoms with Crippen LogP contribution < -0.4 is 4.90 Å². The Hall–Kier alpha value is -3.45. The van der Waals surface area contributed by atoms with Crippen LogP contribution in [0.1, 0.15) is 34.4 Å². The number of aromatic nitrogens is 4. The van der Waals surface area contributed by atoms with E-state index in [0.29, 0.717) is 37.6 Å². The third-order valence-electron chi connectivity index (χ3n) is 6.29. The van der Waals surface area contributed by atoms with E-state index < -0.39 is 0 Å². The Kier molecular flexibility index (Phi) is 5.96. The number of aryl methyl sites for hydroxylation is 3. The van der Waals surface area contributed by atoms with Gasteiger partial charge in [0.2, 0.25) is 0 Å². The minimum Gasteiger partial charge on any atom is -0.352 e. The molecule has 4 aromatic rings. The van der Waals surface area contributed by atoms with Gasteiger partial charge in [-0.25, -0.2) is 14.6 Å². The second-order valence-corrected chi connectivity index (χ2v) is 9.02. The summed E-state index contributed by atoms with van der Waals surface area (Å²) in [5, 5.41) is 6.33. The van der Waals surface area contributed by atoms with Crippen molar-refractivity contribution in [3.8, 4) is 5.69 Å². The van der Waals surface area contributed by atoms with Crippen molar-refractivity contribution in [3.05, 3.63) is 76.2 Å². The van der Waals surface area contributed by atoms with Crippen molar-refractivity contribution >= 4 is 34.4 Å². The predicted molar refractivity (Wildman–Crippen MR) is 135 cm³/mol. The number of para-hydroxylation sites is 1. The van der Waals surface area contributed by atoms with Gasteiger partial charge in [0.1, 0.15) is 11.6 Å². The maximum absolute atomic E-state index is 13.0. The first kappa shape index (κ1) is 22.3. The molecule has 0 atom stereocenters. The molecule has 2 aromatic carbocycles. The van der Waals surface area contributed by atoms with Gasteiger partial charge in [-0.15, -0.1) is 0 Å². The zero-order chi connectivity index (χ0) is 23.8. The lowest BCUT2D eigenvalue weighted by molar-refractivity contribution is 0.0746. The zero-order valence-electron chi connectivity index (χ0n) is 19.6. The second-order valence-electron chi connectivity index (χ2n) is 8.61. The summed E-state index contributed by atoms with van der Waals surface area (Å²) in [6.45, 7) is 8.72. The molecule has 1 amide bonds. The van der Waals surface area contributed by atoms with Crippen molar-refractivity contribution in [1.82, 2.24) is 24.6 Å². The minimum absolute atomic E-state index is 0.0736. The molecule has 8 heteroatoms. The summed E-state index contributed by atoms with van der Waals surface area (Å²) < 4.78 is 1.81. The number of nitrogens with zero attached hydrogens (tertiary/aromatic N) is 6. The number of rotatable bonds is 4. The van der Waals surface area contributed by atoms with Gasteiger partial charge in [-0.3, -0.25) is 4.79 Å². The molecule has 0 unspecified atom stereocenters. The topological polar surface area (TPSA) is 67.2 Å². The molecule has 2 aromatic heterocycles. The normalized spacial score (nSPS) is 14.1. The minimum atomic E-state index is 0.0736. The van der Waals surface area contributed by atoms with Crippen LogP contribution in [0, 0.1) is 13.8 Å². The van der Waals surface area contributed by atoms with Gasteiger partial charge in [-0.1, -0.05) is 48.4 Å².